The van der Waals surface area contributed by atoms with E-state index in [4.69, 9.17) is 11.6 Å². The minimum atomic E-state index is -0.562. The number of carbonyl (C=O) groups excluding carboxylic acids is 1. The van der Waals surface area contributed by atoms with Crippen LogP contribution in [0.5, 0.6) is 11.5 Å². The molecule has 0 saturated carbocycles. The zero-order valence-electron chi connectivity index (χ0n) is 9.52. The van der Waals surface area contributed by atoms with E-state index in [0.717, 1.165) is 4.47 Å². The fraction of sp³-hybridized carbons (Fsp3) is 0. The molecule has 2 aromatic carbocycles. The van der Waals surface area contributed by atoms with Crippen LogP contribution < -0.4 is 5.32 Å². The molecular formula is C13H9BrClNO3. The number of phenols is 2. The van der Waals surface area contributed by atoms with Gasteiger partial charge in [-0.3, -0.25) is 4.79 Å². The molecule has 0 fully saturated rings. The zero-order chi connectivity index (χ0) is 14.0. The van der Waals surface area contributed by atoms with E-state index >= 15 is 0 Å². The number of benzene rings is 2. The van der Waals surface area contributed by atoms with Gasteiger partial charge < -0.3 is 15.5 Å². The number of rotatable bonds is 2. The lowest BCUT2D eigenvalue weighted by atomic mass is 10.1. The molecule has 0 heterocycles. The molecule has 0 bridgehead atoms. The van der Waals surface area contributed by atoms with Crippen LogP contribution in [-0.4, -0.2) is 16.1 Å². The zero-order valence-corrected chi connectivity index (χ0v) is 11.9. The van der Waals surface area contributed by atoms with Gasteiger partial charge in [-0.1, -0.05) is 33.6 Å². The summed E-state index contributed by atoms with van der Waals surface area (Å²) in [5.41, 5.74) is 0.375. The second-order valence-electron chi connectivity index (χ2n) is 3.75. The third-order valence-electron chi connectivity index (χ3n) is 2.44. The van der Waals surface area contributed by atoms with Crippen LogP contribution in [0.2, 0.25) is 5.02 Å². The first-order valence-corrected chi connectivity index (χ1v) is 6.43. The van der Waals surface area contributed by atoms with Gasteiger partial charge in [-0.05, 0) is 30.3 Å². The van der Waals surface area contributed by atoms with Crippen molar-refractivity contribution in [1.82, 2.24) is 0 Å². The molecule has 0 aliphatic carbocycles. The summed E-state index contributed by atoms with van der Waals surface area (Å²) in [7, 11) is 0. The predicted octanol–water partition coefficient (Wildman–Crippen LogP) is 3.77. The number of amides is 1. The number of nitrogens with one attached hydrogen (secondary N) is 1. The van der Waals surface area contributed by atoms with E-state index in [1.54, 1.807) is 18.2 Å². The summed E-state index contributed by atoms with van der Waals surface area (Å²) in [6, 6.07) is 9.16. The highest BCUT2D eigenvalue weighted by molar-refractivity contribution is 9.10. The second-order valence-corrected chi connectivity index (χ2v) is 5.07. The van der Waals surface area contributed by atoms with Gasteiger partial charge in [0.15, 0.2) is 11.5 Å². The number of carbonyl (C=O) groups is 1. The standard InChI is InChI=1S/C13H9BrClNO3/c14-7-4-5-9(15)10(6-7)16-13(19)8-2-1-3-11(17)12(8)18/h1-6,17-18H,(H,16,19). The van der Waals surface area contributed by atoms with Gasteiger partial charge in [0, 0.05) is 4.47 Å². The second kappa shape index (κ2) is 5.50. The molecule has 3 N–H and O–H groups in total. The molecule has 19 heavy (non-hydrogen) atoms. The van der Waals surface area contributed by atoms with Gasteiger partial charge in [-0.25, -0.2) is 0 Å². The van der Waals surface area contributed by atoms with E-state index in [2.05, 4.69) is 21.2 Å². The van der Waals surface area contributed by atoms with E-state index in [1.807, 2.05) is 0 Å². The molecule has 0 spiro atoms. The molecule has 0 aliphatic heterocycles. The van der Waals surface area contributed by atoms with Crippen molar-refractivity contribution in [2.45, 2.75) is 0 Å². The number of para-hydroxylation sites is 1. The molecule has 1 amide bonds. The summed E-state index contributed by atoms with van der Waals surface area (Å²) in [6.07, 6.45) is 0. The fourth-order valence-electron chi connectivity index (χ4n) is 1.50. The van der Waals surface area contributed by atoms with E-state index < -0.39 is 11.7 Å². The summed E-state index contributed by atoms with van der Waals surface area (Å²) in [6.45, 7) is 0. The Kier molecular flexibility index (Phi) is 3.97. The fourth-order valence-corrected chi connectivity index (χ4v) is 2.02. The van der Waals surface area contributed by atoms with Crippen molar-refractivity contribution in [2.75, 3.05) is 5.32 Å². The number of anilines is 1. The lowest BCUT2D eigenvalue weighted by Crippen LogP contribution is -2.12. The maximum Gasteiger partial charge on any atom is 0.259 e. The number of hydrogen-bond donors (Lipinski definition) is 3. The number of hydrogen-bond acceptors (Lipinski definition) is 3. The number of halogens is 2. The van der Waals surface area contributed by atoms with Crippen molar-refractivity contribution in [3.05, 3.63) is 51.5 Å². The van der Waals surface area contributed by atoms with Gasteiger partial charge in [-0.15, -0.1) is 0 Å². The van der Waals surface area contributed by atoms with Gasteiger partial charge in [0.05, 0.1) is 16.3 Å². The summed E-state index contributed by atoms with van der Waals surface area (Å²) in [5.74, 6) is -1.38. The smallest absolute Gasteiger partial charge is 0.259 e. The summed E-state index contributed by atoms with van der Waals surface area (Å²) in [5, 5.41) is 21.9. The van der Waals surface area contributed by atoms with E-state index in [0.29, 0.717) is 10.7 Å². The minimum absolute atomic E-state index is 0.0314. The molecule has 4 nitrogen and oxygen atoms in total. The highest BCUT2D eigenvalue weighted by Gasteiger charge is 2.15. The molecule has 0 saturated heterocycles. The number of aromatic hydroxyl groups is 2. The van der Waals surface area contributed by atoms with Crippen molar-refractivity contribution < 1.29 is 15.0 Å². The van der Waals surface area contributed by atoms with E-state index in [-0.39, 0.29) is 11.3 Å². The summed E-state index contributed by atoms with van der Waals surface area (Å²) in [4.78, 5) is 12.0. The first kappa shape index (κ1) is 13.7. The highest BCUT2D eigenvalue weighted by Crippen LogP contribution is 2.30. The molecule has 98 valence electrons. The molecule has 6 heteroatoms. The SMILES string of the molecule is O=C(Nc1cc(Br)ccc1Cl)c1cccc(O)c1O. The average Bonchev–Trinajstić information content (AvgIpc) is 2.37. The van der Waals surface area contributed by atoms with Crippen molar-refractivity contribution >= 4 is 39.1 Å². The Morgan fingerprint density at radius 1 is 1.21 bits per heavy atom. The van der Waals surface area contributed by atoms with Crippen LogP contribution in [-0.2, 0) is 0 Å². The Morgan fingerprint density at radius 2 is 1.95 bits per heavy atom. The predicted molar refractivity (Wildman–Crippen MR) is 76.9 cm³/mol. The number of phenolic OH excluding ortho intramolecular Hbond substituents is 2. The topological polar surface area (TPSA) is 69.6 Å². The molecule has 0 aromatic heterocycles. The maximum atomic E-state index is 12.0. The quantitative estimate of drug-likeness (QED) is 0.728. The van der Waals surface area contributed by atoms with E-state index in [9.17, 15) is 15.0 Å². The van der Waals surface area contributed by atoms with Gasteiger partial charge in [0.2, 0.25) is 0 Å². The Bertz CT molecular complexity index is 646. The Labute approximate surface area is 122 Å². The summed E-state index contributed by atoms with van der Waals surface area (Å²) < 4.78 is 0.757. The van der Waals surface area contributed by atoms with Crippen molar-refractivity contribution in [3.63, 3.8) is 0 Å². The van der Waals surface area contributed by atoms with Crippen LogP contribution >= 0.6 is 27.5 Å². The van der Waals surface area contributed by atoms with Crippen LogP contribution in [0, 0.1) is 0 Å². The average molecular weight is 343 g/mol. The lowest BCUT2D eigenvalue weighted by Gasteiger charge is -2.09. The van der Waals surface area contributed by atoms with Crippen molar-refractivity contribution in [3.8, 4) is 11.5 Å². The molecule has 2 aromatic rings. The van der Waals surface area contributed by atoms with E-state index in [1.165, 1.54) is 18.2 Å². The Morgan fingerprint density at radius 3 is 2.68 bits per heavy atom. The normalized spacial score (nSPS) is 10.2. The monoisotopic (exact) mass is 341 g/mol. The van der Waals surface area contributed by atoms with Crippen LogP contribution in [0.15, 0.2) is 40.9 Å². The third kappa shape index (κ3) is 3.00. The highest BCUT2D eigenvalue weighted by atomic mass is 79.9. The summed E-state index contributed by atoms with van der Waals surface area (Å²) >= 11 is 9.22. The van der Waals surface area contributed by atoms with Crippen LogP contribution in [0.4, 0.5) is 5.69 Å². The van der Waals surface area contributed by atoms with Crippen LogP contribution in [0.3, 0.4) is 0 Å². The Balaban J connectivity index is 2.31. The van der Waals surface area contributed by atoms with Gasteiger partial charge in [0.1, 0.15) is 0 Å². The first-order chi connectivity index (χ1) is 8.99. The van der Waals surface area contributed by atoms with Gasteiger partial charge in [-0.2, -0.15) is 0 Å². The Hall–Kier alpha value is -1.72. The van der Waals surface area contributed by atoms with Crippen molar-refractivity contribution in [2.24, 2.45) is 0 Å². The molecule has 0 atom stereocenters. The third-order valence-corrected chi connectivity index (χ3v) is 3.26. The van der Waals surface area contributed by atoms with Gasteiger partial charge in [0.25, 0.3) is 5.91 Å². The molecule has 0 aliphatic rings. The largest absolute Gasteiger partial charge is 0.504 e. The molecule has 0 unspecified atom stereocenters. The van der Waals surface area contributed by atoms with Crippen molar-refractivity contribution in [1.29, 1.82) is 0 Å². The first-order valence-electron chi connectivity index (χ1n) is 5.26. The minimum Gasteiger partial charge on any atom is -0.504 e. The van der Waals surface area contributed by atoms with Gasteiger partial charge >= 0.3 is 0 Å². The lowest BCUT2D eigenvalue weighted by molar-refractivity contribution is 0.102. The molecule has 2 rings (SSSR count). The maximum absolute atomic E-state index is 12.0. The molecular weight excluding hydrogens is 334 g/mol. The van der Waals surface area contributed by atoms with Crippen LogP contribution in [0.1, 0.15) is 10.4 Å². The van der Waals surface area contributed by atoms with Crippen LogP contribution in [0.25, 0.3) is 0 Å². The molecule has 0 radical (unpaired) electrons.